The third kappa shape index (κ3) is 3.06. The molecule has 0 saturated heterocycles. The molecule has 0 aliphatic carbocycles. The largest absolute Gasteiger partial charge is 0.454 e. The number of ether oxygens (including phenoxy) is 2. The fraction of sp³-hybridized carbons (Fsp3) is 0.158. The van der Waals surface area contributed by atoms with Crippen LogP contribution in [0.4, 0.5) is 11.8 Å². The monoisotopic (exact) mass is 360 g/mol. The van der Waals surface area contributed by atoms with Crippen LogP contribution in [0.25, 0.3) is 22.4 Å². The summed E-state index contributed by atoms with van der Waals surface area (Å²) in [5.74, 6) is 2.02. The second-order valence-electron chi connectivity index (χ2n) is 5.82. The molecule has 0 spiro atoms. The molecule has 3 heterocycles. The van der Waals surface area contributed by atoms with Gasteiger partial charge in [-0.25, -0.2) is 15.0 Å². The van der Waals surface area contributed by atoms with Gasteiger partial charge in [-0.15, -0.1) is 0 Å². The summed E-state index contributed by atoms with van der Waals surface area (Å²) in [7, 11) is 0. The molecule has 3 aromatic rings. The van der Waals surface area contributed by atoms with Crippen LogP contribution in [-0.2, 0) is 0 Å². The van der Waals surface area contributed by atoms with Gasteiger partial charge in [0.25, 0.3) is 0 Å². The fourth-order valence-corrected chi connectivity index (χ4v) is 2.83. The van der Waals surface area contributed by atoms with Crippen molar-refractivity contribution in [2.75, 3.05) is 24.4 Å². The number of aromatic nitrogens is 3. The van der Waals surface area contributed by atoms with Crippen molar-refractivity contribution in [2.24, 2.45) is 0 Å². The molecule has 2 aromatic heterocycles. The Morgan fingerprint density at radius 2 is 1.93 bits per heavy atom. The summed E-state index contributed by atoms with van der Waals surface area (Å²) in [5, 5.41) is 12.6. The Bertz CT molecular complexity index is 1040. The summed E-state index contributed by atoms with van der Waals surface area (Å²) in [6.45, 7) is 2.88. The number of fused-ring (bicyclic) bond motifs is 1. The molecule has 3 N–H and O–H groups in total. The van der Waals surface area contributed by atoms with E-state index >= 15 is 0 Å². The maximum absolute atomic E-state index is 9.53. The van der Waals surface area contributed by atoms with Crippen LogP contribution >= 0.6 is 0 Å². The Balaban J connectivity index is 1.80. The molecule has 4 rings (SSSR count). The first kappa shape index (κ1) is 16.6. The van der Waals surface area contributed by atoms with Gasteiger partial charge in [-0.1, -0.05) is 0 Å². The van der Waals surface area contributed by atoms with Crippen molar-refractivity contribution in [3.63, 3.8) is 0 Å². The molecule has 27 heavy (non-hydrogen) atoms. The molecular formula is C19H16N6O2. The van der Waals surface area contributed by atoms with Gasteiger partial charge >= 0.3 is 0 Å². The van der Waals surface area contributed by atoms with Gasteiger partial charge in [-0.2, -0.15) is 5.26 Å². The van der Waals surface area contributed by atoms with E-state index < -0.39 is 0 Å². The van der Waals surface area contributed by atoms with E-state index in [0.717, 1.165) is 12.1 Å². The Morgan fingerprint density at radius 3 is 2.67 bits per heavy atom. The highest BCUT2D eigenvalue weighted by Crippen LogP contribution is 2.37. The summed E-state index contributed by atoms with van der Waals surface area (Å²) in [6, 6.07) is 9.45. The topological polar surface area (TPSA) is 119 Å². The van der Waals surface area contributed by atoms with E-state index in [1.807, 2.05) is 25.1 Å². The van der Waals surface area contributed by atoms with Crippen LogP contribution < -0.4 is 20.5 Å². The number of nitrogens with zero attached hydrogens (tertiary/aromatic N) is 4. The molecule has 0 amide bonds. The number of nitrogens with one attached hydrogen (secondary N) is 1. The second kappa shape index (κ2) is 6.80. The minimum atomic E-state index is 0.151. The van der Waals surface area contributed by atoms with E-state index in [4.69, 9.17) is 15.2 Å². The zero-order chi connectivity index (χ0) is 18.8. The number of nitrogen functional groups attached to an aromatic ring is 1. The molecule has 8 nitrogen and oxygen atoms in total. The van der Waals surface area contributed by atoms with Crippen LogP contribution in [0.1, 0.15) is 12.5 Å². The van der Waals surface area contributed by atoms with Crippen molar-refractivity contribution >= 4 is 11.8 Å². The van der Waals surface area contributed by atoms with Crippen LogP contribution in [0, 0.1) is 11.3 Å². The Labute approximate surface area is 155 Å². The van der Waals surface area contributed by atoms with Crippen molar-refractivity contribution in [2.45, 2.75) is 6.92 Å². The van der Waals surface area contributed by atoms with Crippen molar-refractivity contribution in [1.82, 2.24) is 15.0 Å². The van der Waals surface area contributed by atoms with E-state index in [-0.39, 0.29) is 12.6 Å². The van der Waals surface area contributed by atoms with Crippen LogP contribution in [0.3, 0.4) is 0 Å². The number of nitrogens with two attached hydrogens (primary N) is 1. The maximum Gasteiger partial charge on any atom is 0.231 e. The third-order valence-electron chi connectivity index (χ3n) is 4.13. The Hall–Kier alpha value is -3.86. The standard InChI is InChI=1S/C19H16N6O2/c1-2-22-19-23-8-12(9-24-19)13-6-15(25-18(21)14(13)7-20)11-3-4-16-17(5-11)27-10-26-16/h3-6,8-9H,2,10H2,1H3,(H2,21,25)(H,22,23,24). The molecule has 1 aliphatic rings. The van der Waals surface area contributed by atoms with E-state index in [1.165, 1.54) is 0 Å². The van der Waals surface area contributed by atoms with Crippen molar-refractivity contribution in [3.05, 3.63) is 42.2 Å². The van der Waals surface area contributed by atoms with Crippen molar-refractivity contribution in [3.8, 4) is 40.0 Å². The lowest BCUT2D eigenvalue weighted by Crippen LogP contribution is -2.03. The zero-order valence-corrected chi connectivity index (χ0v) is 14.6. The predicted molar refractivity (Wildman–Crippen MR) is 100 cm³/mol. The number of rotatable bonds is 4. The average molecular weight is 360 g/mol. The van der Waals surface area contributed by atoms with Gasteiger partial charge in [-0.3, -0.25) is 0 Å². The number of pyridine rings is 1. The first-order valence-corrected chi connectivity index (χ1v) is 8.36. The van der Waals surface area contributed by atoms with Crippen LogP contribution in [0.2, 0.25) is 0 Å². The highest BCUT2D eigenvalue weighted by atomic mass is 16.7. The van der Waals surface area contributed by atoms with Gasteiger partial charge in [0.15, 0.2) is 11.5 Å². The fourth-order valence-electron chi connectivity index (χ4n) is 2.83. The highest BCUT2D eigenvalue weighted by molar-refractivity contribution is 5.80. The number of anilines is 2. The molecule has 0 bridgehead atoms. The van der Waals surface area contributed by atoms with E-state index in [0.29, 0.717) is 39.8 Å². The van der Waals surface area contributed by atoms with E-state index in [2.05, 4.69) is 26.3 Å². The van der Waals surface area contributed by atoms with Crippen molar-refractivity contribution < 1.29 is 9.47 Å². The molecule has 0 unspecified atom stereocenters. The summed E-state index contributed by atoms with van der Waals surface area (Å²) >= 11 is 0. The predicted octanol–water partition coefficient (Wildman–Crippen LogP) is 2.82. The molecule has 134 valence electrons. The molecule has 0 atom stereocenters. The SMILES string of the molecule is CCNc1ncc(-c2cc(-c3ccc4c(c3)OCO4)nc(N)c2C#N)cn1. The summed E-state index contributed by atoms with van der Waals surface area (Å²) < 4.78 is 10.8. The minimum absolute atomic E-state index is 0.151. The summed E-state index contributed by atoms with van der Waals surface area (Å²) in [4.78, 5) is 12.9. The normalized spacial score (nSPS) is 11.9. The number of nitriles is 1. The van der Waals surface area contributed by atoms with Crippen LogP contribution in [0.5, 0.6) is 11.5 Å². The third-order valence-corrected chi connectivity index (χ3v) is 4.13. The lowest BCUT2D eigenvalue weighted by atomic mass is 10.0. The average Bonchev–Trinajstić information content (AvgIpc) is 3.16. The van der Waals surface area contributed by atoms with Crippen LogP contribution in [0.15, 0.2) is 36.7 Å². The molecule has 1 aromatic carbocycles. The first-order valence-electron chi connectivity index (χ1n) is 8.36. The lowest BCUT2D eigenvalue weighted by molar-refractivity contribution is 0.174. The number of hydrogen-bond acceptors (Lipinski definition) is 8. The van der Waals surface area contributed by atoms with Gasteiger partial charge in [0.2, 0.25) is 12.7 Å². The number of hydrogen-bond donors (Lipinski definition) is 2. The summed E-state index contributed by atoms with van der Waals surface area (Å²) in [5.41, 5.74) is 9.08. The molecule has 0 saturated carbocycles. The van der Waals surface area contributed by atoms with Crippen molar-refractivity contribution in [1.29, 1.82) is 5.26 Å². The van der Waals surface area contributed by atoms with E-state index in [1.54, 1.807) is 18.5 Å². The molecule has 1 aliphatic heterocycles. The molecular weight excluding hydrogens is 344 g/mol. The maximum atomic E-state index is 9.53. The molecule has 8 heteroatoms. The van der Waals surface area contributed by atoms with E-state index in [9.17, 15) is 5.26 Å². The summed E-state index contributed by atoms with van der Waals surface area (Å²) in [6.07, 6.45) is 3.31. The Kier molecular flexibility index (Phi) is 4.18. The quantitative estimate of drug-likeness (QED) is 0.729. The van der Waals surface area contributed by atoms with Gasteiger partial charge in [0, 0.05) is 35.6 Å². The minimum Gasteiger partial charge on any atom is -0.454 e. The Morgan fingerprint density at radius 1 is 1.15 bits per heavy atom. The lowest BCUT2D eigenvalue weighted by Gasteiger charge is -2.11. The molecule has 0 radical (unpaired) electrons. The smallest absolute Gasteiger partial charge is 0.231 e. The zero-order valence-electron chi connectivity index (χ0n) is 14.6. The van der Waals surface area contributed by atoms with Gasteiger partial charge in [0.05, 0.1) is 5.69 Å². The highest BCUT2D eigenvalue weighted by Gasteiger charge is 2.17. The van der Waals surface area contributed by atoms with Gasteiger partial charge < -0.3 is 20.5 Å². The van der Waals surface area contributed by atoms with Gasteiger partial charge in [0.1, 0.15) is 17.5 Å². The number of benzene rings is 1. The molecule has 0 fully saturated rings. The first-order chi connectivity index (χ1) is 13.2. The van der Waals surface area contributed by atoms with Gasteiger partial charge in [-0.05, 0) is 31.2 Å². The van der Waals surface area contributed by atoms with Crippen LogP contribution in [-0.4, -0.2) is 28.3 Å². The second-order valence-corrected chi connectivity index (χ2v) is 5.82.